The van der Waals surface area contributed by atoms with E-state index in [1.807, 2.05) is 26.8 Å². The average molecular weight is 1490 g/mol. The zero-order valence-electron chi connectivity index (χ0n) is 63.5. The Balaban J connectivity index is 0.000000132. The van der Waals surface area contributed by atoms with Crippen LogP contribution in [0.15, 0.2) is 144 Å². The summed E-state index contributed by atoms with van der Waals surface area (Å²) in [4.78, 5) is 11.4. The van der Waals surface area contributed by atoms with E-state index >= 15 is 0 Å². The number of benzene rings is 1. The normalized spacial score (nSPS) is 39.2. The van der Waals surface area contributed by atoms with Crippen molar-refractivity contribution in [3.63, 3.8) is 0 Å². The van der Waals surface area contributed by atoms with E-state index in [9.17, 15) is 20.1 Å². The van der Waals surface area contributed by atoms with Crippen LogP contribution in [0, 0.1) is 99.1 Å². The number of ether oxygens (including phenoxy) is 6. The molecule has 16 aliphatic rings. The SMILES string of the molecule is CC#C[C@]1(O)CC[C@H]2[C@@H]3CC/C(=C/C=O)C(CC)=C3[C@@H](C3=CC4OCOC4C=C3)C[C@@]21C.CC#C[C@]1(O)CC[C@H]2[C@@H]3CCC4=CC(=NNC(N)=S)CCC4=C3[C@@H](C3=CC4OCOC4C=C3)C[C@@]21C.CC#C[C@]1(O)CC[C@H]2[C@@H]3CCC4=CC(=NNC(N)=S)CCC4=C3[C@@H](c3ccc4c(c3)OCO4)C[C@@]21C.CCO. The lowest BCUT2D eigenvalue weighted by Crippen LogP contribution is -2.51. The number of allylic oxidation sites excluding steroid dienone is 16. The van der Waals surface area contributed by atoms with Gasteiger partial charge in [-0.25, -0.2) is 0 Å². The molecule has 13 aliphatic carbocycles. The van der Waals surface area contributed by atoms with Crippen molar-refractivity contribution >= 4 is 52.4 Å². The number of hydrogen-bond donors (Lipinski definition) is 8. The Labute approximate surface area is 643 Å². The van der Waals surface area contributed by atoms with Crippen molar-refractivity contribution in [3.8, 4) is 47.0 Å². The van der Waals surface area contributed by atoms with Crippen molar-refractivity contribution in [1.29, 1.82) is 0 Å². The van der Waals surface area contributed by atoms with Crippen LogP contribution in [0.1, 0.15) is 195 Å². The first kappa shape index (κ1) is 76.7. The van der Waals surface area contributed by atoms with Crippen molar-refractivity contribution < 1.29 is 53.6 Å². The molecule has 19 atom stereocenters. The lowest BCUT2D eigenvalue weighted by atomic mass is 9.51. The number of aliphatic hydroxyl groups is 4. The molecule has 4 unspecified atom stereocenters. The molecule has 8 fully saturated rings. The van der Waals surface area contributed by atoms with Crippen LogP contribution in [0.2, 0.25) is 0 Å². The van der Waals surface area contributed by atoms with E-state index in [0.29, 0.717) is 49.1 Å². The number of carbonyl (C=O) groups excluding carboxylic acids is 1. The second-order valence-electron chi connectivity index (χ2n) is 32.8. The molecule has 17 rings (SSSR count). The maximum Gasteiger partial charge on any atom is 0.231 e. The molecule has 3 aliphatic heterocycles. The number of hydrazone groups is 2. The largest absolute Gasteiger partial charge is 0.454 e. The fourth-order valence-electron chi connectivity index (χ4n) is 23.2. The second-order valence-corrected chi connectivity index (χ2v) is 33.7. The van der Waals surface area contributed by atoms with Crippen molar-refractivity contribution in [2.75, 3.05) is 27.0 Å². The van der Waals surface area contributed by atoms with Crippen LogP contribution in [-0.4, -0.2) is 117 Å². The zero-order chi connectivity index (χ0) is 75.4. The fourth-order valence-corrected chi connectivity index (χ4v) is 23.3. The summed E-state index contributed by atoms with van der Waals surface area (Å²) in [5.74, 6) is 23.6. The lowest BCUT2D eigenvalue weighted by molar-refractivity contribution is -0.104. The smallest absolute Gasteiger partial charge is 0.231 e. The minimum Gasteiger partial charge on any atom is -0.454 e. The molecule has 0 radical (unpaired) electrons. The standard InChI is InChI=1S/C29H35N3O3S.C29H33N3O3S.C28H34O4.C2H6O/c2*1-3-11-29(33)12-10-23-21-7-4-17-13-19(31-32-27(30)36)6-8-20(17)26(21)22(15-28(23,29)2)18-5-9-24-25(14-18)35-16-34-24;1-4-12-28(30)13-10-23-21-8-6-18(11-14-29)20(5-2)26(21)22(16-27(23,28)3)19-7-9-24-25(15-19)32-17-31-24;1-2-3/h5,9,13-14,21-25,33H,4,6-8,10,12,15-16H2,1-2H3,(H3,30,32,36);5,9,13-14,21-23,33H,4,6-8,10,12,15-16H2,1-2H3,(H3,30,32,36);7,9,11,14-15,21-25,30H,5-6,8,10,13,16-17H2,1-3H3;3H,2H2,1H3/b;;18-11-;/t21-,22+,23-,24?,25?,28-,29-;21-,22+,23-,28-,29-;21-,22+,23-,24?,25?,27-,28-;/m000./s1. The van der Waals surface area contributed by atoms with Crippen molar-refractivity contribution in [3.05, 3.63) is 140 Å². The zero-order valence-corrected chi connectivity index (χ0v) is 65.1. The first-order chi connectivity index (χ1) is 51.5. The number of fused-ring (bicyclic) bond motifs is 14. The van der Waals surface area contributed by atoms with Crippen LogP contribution in [0.25, 0.3) is 0 Å². The summed E-state index contributed by atoms with van der Waals surface area (Å²) < 4.78 is 34.5. The van der Waals surface area contributed by atoms with E-state index in [4.69, 9.17) is 69.4 Å². The number of rotatable bonds is 7. The highest BCUT2D eigenvalue weighted by Gasteiger charge is 2.66. The second kappa shape index (κ2) is 31.0. The highest BCUT2D eigenvalue weighted by molar-refractivity contribution is 7.80. The van der Waals surface area contributed by atoms with E-state index in [2.05, 4.69) is 145 Å². The maximum atomic E-state index is 11.8. The summed E-state index contributed by atoms with van der Waals surface area (Å²) in [6.45, 7) is 17.4. The number of carbonyl (C=O) groups is 1. The maximum absolute atomic E-state index is 11.8. The Bertz CT molecular complexity index is 4370. The van der Waals surface area contributed by atoms with E-state index in [1.165, 1.54) is 55.7 Å². The number of aldehydes is 1. The molecule has 2 saturated heterocycles. The number of nitrogens with one attached hydrogen (secondary N) is 2. The van der Waals surface area contributed by atoms with Crippen LogP contribution in [0.3, 0.4) is 0 Å². The molecule has 19 heteroatoms. The van der Waals surface area contributed by atoms with Gasteiger partial charge in [0.15, 0.2) is 21.7 Å². The molecule has 3 heterocycles. The molecular weight excluding hydrogens is 1380 g/mol. The number of nitrogens with two attached hydrogens (primary N) is 2. The Morgan fingerprint density at radius 1 is 0.579 bits per heavy atom. The number of aliphatic hydroxyl groups excluding tert-OH is 1. The summed E-state index contributed by atoms with van der Waals surface area (Å²) >= 11 is 9.86. The summed E-state index contributed by atoms with van der Waals surface area (Å²) in [6, 6.07) is 6.37. The Morgan fingerprint density at radius 2 is 1.01 bits per heavy atom. The molecule has 0 bridgehead atoms. The van der Waals surface area contributed by atoms with Crippen molar-refractivity contribution in [2.24, 2.45) is 85.3 Å². The highest BCUT2D eigenvalue weighted by atomic mass is 32.1. The van der Waals surface area contributed by atoms with Crippen molar-refractivity contribution in [1.82, 2.24) is 10.9 Å². The topological polar surface area (TPSA) is 254 Å². The molecule has 17 nitrogen and oxygen atoms in total. The molecule has 0 aromatic heterocycles. The van der Waals surface area contributed by atoms with Crippen LogP contribution in [0.5, 0.6) is 11.5 Å². The van der Waals surface area contributed by atoms with Gasteiger partial charge in [-0.1, -0.05) is 92.5 Å². The minimum absolute atomic E-state index is 0.000108. The van der Waals surface area contributed by atoms with Crippen LogP contribution < -0.4 is 31.8 Å². The molecule has 6 saturated carbocycles. The van der Waals surface area contributed by atoms with Gasteiger partial charge in [0.25, 0.3) is 0 Å². The van der Waals surface area contributed by atoms with Crippen LogP contribution in [0.4, 0.5) is 0 Å². The molecule has 107 heavy (non-hydrogen) atoms. The van der Waals surface area contributed by atoms with Gasteiger partial charge in [0, 0.05) is 40.6 Å². The van der Waals surface area contributed by atoms with Gasteiger partial charge in [0.2, 0.25) is 6.79 Å². The number of hydrogen-bond acceptors (Lipinski definition) is 15. The Kier molecular flexibility index (Phi) is 22.2. The van der Waals surface area contributed by atoms with Gasteiger partial charge >= 0.3 is 0 Å². The average Bonchev–Trinajstić information content (AvgIpc) is 1.64. The Hall–Kier alpha value is -7.03. The molecule has 0 amide bonds. The predicted molar refractivity (Wildman–Crippen MR) is 423 cm³/mol. The van der Waals surface area contributed by atoms with Crippen molar-refractivity contribution in [2.45, 2.75) is 231 Å². The monoisotopic (exact) mass is 1490 g/mol. The summed E-state index contributed by atoms with van der Waals surface area (Å²) in [7, 11) is 0. The Morgan fingerprint density at radius 3 is 1.47 bits per heavy atom. The molecule has 568 valence electrons. The molecule has 1 aromatic carbocycles. The quantitative estimate of drug-likeness (QED) is 0.0415. The van der Waals surface area contributed by atoms with Gasteiger partial charge in [0.05, 0.1) is 11.4 Å². The molecule has 1 aromatic rings. The third-order valence-electron chi connectivity index (χ3n) is 27.9. The van der Waals surface area contributed by atoms with Gasteiger partial charge in [-0.2, -0.15) is 10.2 Å². The van der Waals surface area contributed by atoms with Crippen LogP contribution in [-0.2, 0) is 23.7 Å². The molecule has 10 N–H and O–H groups in total. The summed E-state index contributed by atoms with van der Waals surface area (Å²) in [5, 5.41) is 52.2. The summed E-state index contributed by atoms with van der Waals surface area (Å²) in [6.07, 6.45) is 39.0. The predicted octanol–water partition coefficient (Wildman–Crippen LogP) is 13.4. The highest BCUT2D eigenvalue weighted by Crippen LogP contribution is 2.70. The molecular formula is C88H108N6O11S2. The van der Waals surface area contributed by atoms with Gasteiger partial charge < -0.3 is 60.3 Å². The fraction of sp³-hybridized carbons (Fsp3) is 0.580. The third kappa shape index (κ3) is 13.8. The van der Waals surface area contributed by atoms with E-state index in [1.54, 1.807) is 24.1 Å². The van der Waals surface area contributed by atoms with Crippen LogP contribution >= 0.6 is 24.4 Å². The lowest BCUT2D eigenvalue weighted by Gasteiger charge is -2.54. The number of thiocarbonyl (C=S) groups is 2. The summed E-state index contributed by atoms with van der Waals surface area (Å²) in [5.41, 5.74) is 31.8. The van der Waals surface area contributed by atoms with Gasteiger partial charge in [0.1, 0.15) is 61.1 Å². The third-order valence-corrected chi connectivity index (χ3v) is 28.1. The van der Waals surface area contributed by atoms with E-state index in [-0.39, 0.29) is 82.0 Å². The first-order valence-corrected chi connectivity index (χ1v) is 40.1. The van der Waals surface area contributed by atoms with E-state index < -0.39 is 16.8 Å². The van der Waals surface area contributed by atoms with Gasteiger partial charge in [-0.15, -0.1) is 17.8 Å². The van der Waals surface area contributed by atoms with E-state index in [0.717, 1.165) is 158 Å². The number of nitrogens with zero attached hydrogens (tertiary/aromatic N) is 2. The first-order valence-electron chi connectivity index (χ1n) is 39.3. The van der Waals surface area contributed by atoms with Gasteiger partial charge in [-0.05, 0) is 309 Å². The van der Waals surface area contributed by atoms with Gasteiger partial charge in [-0.3, -0.25) is 15.6 Å². The molecule has 0 spiro atoms. The minimum atomic E-state index is -0.952.